The van der Waals surface area contributed by atoms with Crippen LogP contribution in [0, 0.1) is 12.3 Å². The van der Waals surface area contributed by atoms with Crippen molar-refractivity contribution in [3.63, 3.8) is 0 Å². The molecule has 1 N–H and O–H groups in total. The minimum Gasteiger partial charge on any atom is -0.444 e. The molecule has 0 fully saturated rings. The Kier molecular flexibility index (Phi) is 7.80. The van der Waals surface area contributed by atoms with Crippen LogP contribution < -0.4 is 15.0 Å². The standard InChI is InChI=1S/C24H30N2O5/c1-7-26(6)19-10-13-21(16(2)14-19)25-23(29)30-15-18-8-11-20(12-9-18)31-22(28)24(4,5)17(3)27/h8-14H,7,15H2,1-6H3,(H,25,29). The van der Waals surface area contributed by atoms with Gasteiger partial charge in [0.05, 0.1) is 0 Å². The lowest BCUT2D eigenvalue weighted by atomic mass is 9.89. The number of esters is 1. The van der Waals surface area contributed by atoms with Crippen molar-refractivity contribution in [2.45, 2.75) is 41.2 Å². The highest BCUT2D eigenvalue weighted by molar-refractivity contribution is 6.02. The summed E-state index contributed by atoms with van der Waals surface area (Å²) in [5.74, 6) is -0.564. The molecule has 0 atom stereocenters. The van der Waals surface area contributed by atoms with Gasteiger partial charge in [-0.1, -0.05) is 12.1 Å². The zero-order chi connectivity index (χ0) is 23.2. The van der Waals surface area contributed by atoms with Crippen molar-refractivity contribution < 1.29 is 23.9 Å². The number of ketones is 1. The van der Waals surface area contributed by atoms with Crippen molar-refractivity contribution in [2.75, 3.05) is 23.8 Å². The third kappa shape index (κ3) is 6.31. The van der Waals surface area contributed by atoms with Crippen LogP contribution in [0.5, 0.6) is 5.75 Å². The summed E-state index contributed by atoms with van der Waals surface area (Å²) in [6, 6.07) is 12.4. The molecule has 0 radical (unpaired) electrons. The fraction of sp³-hybridized carbons (Fsp3) is 0.375. The minimum atomic E-state index is -1.21. The first-order valence-corrected chi connectivity index (χ1v) is 10.1. The number of rotatable bonds is 8. The van der Waals surface area contributed by atoms with Crippen LogP contribution in [0.1, 0.15) is 38.8 Å². The van der Waals surface area contributed by atoms with Crippen LogP contribution in [0.3, 0.4) is 0 Å². The number of aryl methyl sites for hydroxylation is 1. The van der Waals surface area contributed by atoms with E-state index in [1.165, 1.54) is 20.8 Å². The van der Waals surface area contributed by atoms with Crippen molar-refractivity contribution in [3.05, 3.63) is 53.6 Å². The number of amides is 1. The van der Waals surface area contributed by atoms with Crippen LogP contribution in [0.4, 0.5) is 16.2 Å². The van der Waals surface area contributed by atoms with Gasteiger partial charge in [-0.05, 0) is 76.1 Å². The van der Waals surface area contributed by atoms with Gasteiger partial charge in [0.1, 0.15) is 23.6 Å². The summed E-state index contributed by atoms with van der Waals surface area (Å²) >= 11 is 0. The molecule has 2 rings (SSSR count). The van der Waals surface area contributed by atoms with Gasteiger partial charge in [-0.2, -0.15) is 0 Å². The van der Waals surface area contributed by atoms with Crippen molar-refractivity contribution in [2.24, 2.45) is 5.41 Å². The van der Waals surface area contributed by atoms with Gasteiger partial charge < -0.3 is 14.4 Å². The number of ether oxygens (including phenoxy) is 2. The number of hydrogen-bond acceptors (Lipinski definition) is 6. The fourth-order valence-corrected chi connectivity index (χ4v) is 2.54. The Morgan fingerprint density at radius 1 is 1.06 bits per heavy atom. The van der Waals surface area contributed by atoms with E-state index in [4.69, 9.17) is 9.47 Å². The number of carbonyl (C=O) groups is 3. The lowest BCUT2D eigenvalue weighted by molar-refractivity contribution is -0.149. The molecule has 31 heavy (non-hydrogen) atoms. The Labute approximate surface area is 183 Å². The van der Waals surface area contributed by atoms with Gasteiger partial charge in [0.15, 0.2) is 0 Å². The van der Waals surface area contributed by atoms with E-state index in [0.29, 0.717) is 11.4 Å². The van der Waals surface area contributed by atoms with Crippen LogP contribution in [0.15, 0.2) is 42.5 Å². The molecule has 0 saturated carbocycles. The molecular weight excluding hydrogens is 396 g/mol. The number of nitrogens with one attached hydrogen (secondary N) is 1. The molecular formula is C24H30N2O5. The predicted molar refractivity (Wildman–Crippen MR) is 120 cm³/mol. The normalized spacial score (nSPS) is 10.9. The average Bonchev–Trinajstić information content (AvgIpc) is 2.73. The highest BCUT2D eigenvalue weighted by atomic mass is 16.5. The van der Waals surface area contributed by atoms with Crippen LogP contribution in [0.25, 0.3) is 0 Å². The smallest absolute Gasteiger partial charge is 0.411 e. The number of carbonyl (C=O) groups excluding carboxylic acids is 3. The zero-order valence-corrected chi connectivity index (χ0v) is 18.9. The molecule has 0 aliphatic rings. The molecule has 0 unspecified atom stereocenters. The highest BCUT2D eigenvalue weighted by Gasteiger charge is 2.34. The Bertz CT molecular complexity index is 951. The summed E-state index contributed by atoms with van der Waals surface area (Å²) in [6.45, 7) is 9.35. The second-order valence-electron chi connectivity index (χ2n) is 7.93. The van der Waals surface area contributed by atoms with Gasteiger partial charge in [-0.15, -0.1) is 0 Å². The number of nitrogens with zero attached hydrogens (tertiary/aromatic N) is 1. The first kappa shape index (κ1) is 23.9. The van der Waals surface area contributed by atoms with E-state index in [0.717, 1.165) is 23.4 Å². The summed E-state index contributed by atoms with van der Waals surface area (Å²) in [5.41, 5.74) is 2.23. The molecule has 166 valence electrons. The quantitative estimate of drug-likeness (QED) is 0.373. The topological polar surface area (TPSA) is 84.9 Å². The van der Waals surface area contributed by atoms with Crippen LogP contribution in [-0.4, -0.2) is 31.4 Å². The molecule has 0 heterocycles. The largest absolute Gasteiger partial charge is 0.444 e. The molecule has 0 aliphatic heterocycles. The molecule has 0 bridgehead atoms. The molecule has 1 amide bonds. The third-order valence-corrected chi connectivity index (χ3v) is 5.26. The summed E-state index contributed by atoms with van der Waals surface area (Å²) < 4.78 is 10.5. The first-order chi connectivity index (χ1) is 14.5. The summed E-state index contributed by atoms with van der Waals surface area (Å²) in [6.07, 6.45) is -0.557. The maximum atomic E-state index is 12.2. The average molecular weight is 427 g/mol. The van der Waals surface area contributed by atoms with Gasteiger partial charge in [0.2, 0.25) is 0 Å². The van der Waals surface area contributed by atoms with Gasteiger partial charge in [0, 0.05) is 25.0 Å². The lowest BCUT2D eigenvalue weighted by Crippen LogP contribution is -2.35. The van der Waals surface area contributed by atoms with Gasteiger partial charge >= 0.3 is 12.1 Å². The van der Waals surface area contributed by atoms with E-state index < -0.39 is 17.5 Å². The minimum absolute atomic E-state index is 0.0642. The predicted octanol–water partition coefficient (Wildman–Crippen LogP) is 4.72. The highest BCUT2D eigenvalue weighted by Crippen LogP contribution is 2.23. The molecule has 7 nitrogen and oxygen atoms in total. The Hall–Kier alpha value is -3.35. The third-order valence-electron chi connectivity index (χ3n) is 5.26. The fourth-order valence-electron chi connectivity index (χ4n) is 2.54. The second-order valence-corrected chi connectivity index (χ2v) is 7.93. The summed E-state index contributed by atoms with van der Waals surface area (Å²) in [7, 11) is 2.01. The number of benzene rings is 2. The van der Waals surface area contributed by atoms with Gasteiger partial charge in [0.25, 0.3) is 0 Å². The monoisotopic (exact) mass is 426 g/mol. The van der Waals surface area contributed by atoms with Crippen LogP contribution in [-0.2, 0) is 20.9 Å². The van der Waals surface area contributed by atoms with E-state index in [9.17, 15) is 14.4 Å². The molecule has 0 aliphatic carbocycles. The van der Waals surface area contributed by atoms with E-state index in [1.54, 1.807) is 24.3 Å². The van der Waals surface area contributed by atoms with E-state index in [-0.39, 0.29) is 12.4 Å². The van der Waals surface area contributed by atoms with Gasteiger partial charge in [-0.25, -0.2) is 4.79 Å². The number of Topliss-reactive ketones (excluding diaryl/α,β-unsaturated/α-hetero) is 1. The summed E-state index contributed by atoms with van der Waals surface area (Å²) in [4.78, 5) is 37.9. The Balaban J connectivity index is 1.90. The van der Waals surface area contributed by atoms with Crippen LogP contribution >= 0.6 is 0 Å². The van der Waals surface area contributed by atoms with E-state index in [1.807, 2.05) is 32.2 Å². The first-order valence-electron chi connectivity index (χ1n) is 10.1. The Morgan fingerprint density at radius 2 is 1.71 bits per heavy atom. The molecule has 0 spiro atoms. The molecule has 0 saturated heterocycles. The van der Waals surface area contributed by atoms with Gasteiger partial charge in [-0.3, -0.25) is 14.9 Å². The number of anilines is 2. The van der Waals surface area contributed by atoms with Crippen LogP contribution in [0.2, 0.25) is 0 Å². The molecule has 0 aromatic heterocycles. The van der Waals surface area contributed by atoms with Crippen molar-refractivity contribution in [1.29, 1.82) is 0 Å². The number of hydrogen-bond donors (Lipinski definition) is 1. The molecule has 7 heteroatoms. The van der Waals surface area contributed by atoms with E-state index >= 15 is 0 Å². The molecule has 2 aromatic carbocycles. The zero-order valence-electron chi connectivity index (χ0n) is 18.9. The van der Waals surface area contributed by atoms with Crippen molar-refractivity contribution >= 4 is 29.2 Å². The lowest BCUT2D eigenvalue weighted by Gasteiger charge is -2.19. The van der Waals surface area contributed by atoms with Crippen molar-refractivity contribution in [3.8, 4) is 5.75 Å². The Morgan fingerprint density at radius 3 is 2.26 bits per heavy atom. The maximum absolute atomic E-state index is 12.2. The molecule has 2 aromatic rings. The summed E-state index contributed by atoms with van der Waals surface area (Å²) in [5, 5.41) is 2.75. The van der Waals surface area contributed by atoms with E-state index in [2.05, 4.69) is 17.1 Å². The SMILES string of the molecule is CCN(C)c1ccc(NC(=O)OCc2ccc(OC(=O)C(C)(C)C(C)=O)cc2)c(C)c1. The van der Waals surface area contributed by atoms with Crippen molar-refractivity contribution in [1.82, 2.24) is 0 Å². The second kappa shape index (κ2) is 10.1. The maximum Gasteiger partial charge on any atom is 0.411 e.